The molecule has 1 saturated heterocycles. The van der Waals surface area contributed by atoms with Gasteiger partial charge in [0.2, 0.25) is 5.03 Å². The van der Waals surface area contributed by atoms with Gasteiger partial charge in [0.25, 0.3) is 15.9 Å². The Bertz CT molecular complexity index is 1620. The lowest BCUT2D eigenvalue weighted by molar-refractivity contribution is 0.0634. The molecule has 4 aromatic rings. The molecule has 3 heterocycles. The second kappa shape index (κ2) is 8.89. The molecule has 2 atom stereocenters. The Hall–Kier alpha value is -3.29. The number of hydrogen-bond acceptors (Lipinski definition) is 6. The van der Waals surface area contributed by atoms with Crippen LogP contribution < -0.4 is 0 Å². The lowest BCUT2D eigenvalue weighted by Crippen LogP contribution is -2.51. The topological polar surface area (TPSA) is 89.2 Å². The van der Waals surface area contributed by atoms with Crippen LogP contribution in [-0.4, -0.2) is 74.5 Å². The molecule has 2 aliphatic rings. The van der Waals surface area contributed by atoms with Gasteiger partial charge in [-0.2, -0.15) is 19.3 Å². The number of hydrogen-bond donors (Lipinski definition) is 0. The highest BCUT2D eigenvalue weighted by Gasteiger charge is 2.57. The number of nitrogens with zero attached hydrogens (tertiary/aromatic N) is 7. The summed E-state index contributed by atoms with van der Waals surface area (Å²) in [5, 5.41) is 13.0. The maximum Gasteiger partial charge on any atom is 0.264 e. The number of alkyl halides is 2. The maximum absolute atomic E-state index is 13.9. The van der Waals surface area contributed by atoms with Gasteiger partial charge in [0.1, 0.15) is 5.82 Å². The van der Waals surface area contributed by atoms with Crippen molar-refractivity contribution in [3.05, 3.63) is 65.7 Å². The third kappa shape index (κ3) is 4.37. The van der Waals surface area contributed by atoms with E-state index in [0.29, 0.717) is 12.2 Å². The molecule has 0 bridgehead atoms. The molecule has 2 aromatic heterocycles. The molecule has 200 valence electrons. The monoisotopic (exact) mass is 545 g/mol. The van der Waals surface area contributed by atoms with E-state index in [4.69, 9.17) is 0 Å². The van der Waals surface area contributed by atoms with Crippen molar-refractivity contribution in [3.63, 3.8) is 0 Å². The molecule has 0 amide bonds. The number of aryl methyl sites for hydroxylation is 2. The van der Waals surface area contributed by atoms with Crippen LogP contribution in [0, 0.1) is 18.7 Å². The van der Waals surface area contributed by atoms with Crippen LogP contribution >= 0.6 is 0 Å². The highest BCUT2D eigenvalue weighted by Crippen LogP contribution is 2.50. The Kier molecular flexibility index (Phi) is 5.85. The van der Waals surface area contributed by atoms with Crippen molar-refractivity contribution in [1.82, 2.24) is 34.0 Å². The first-order valence-electron chi connectivity index (χ1n) is 12.3. The first kappa shape index (κ1) is 25.0. The van der Waals surface area contributed by atoms with Crippen molar-refractivity contribution in [1.29, 1.82) is 0 Å². The molecule has 0 spiro atoms. The molecule has 1 unspecified atom stereocenters. The molecule has 6 rings (SSSR count). The Balaban J connectivity index is 1.37. The number of benzene rings is 2. The first-order valence-corrected chi connectivity index (χ1v) is 13.7. The number of rotatable bonds is 6. The number of halogens is 3. The molecule has 2 aromatic carbocycles. The summed E-state index contributed by atoms with van der Waals surface area (Å²) >= 11 is 0. The van der Waals surface area contributed by atoms with Crippen LogP contribution in [0.1, 0.15) is 23.6 Å². The summed E-state index contributed by atoms with van der Waals surface area (Å²) in [7, 11) is -2.37. The van der Waals surface area contributed by atoms with Crippen LogP contribution in [0.25, 0.3) is 16.6 Å². The van der Waals surface area contributed by atoms with E-state index in [2.05, 4.69) is 15.3 Å². The SMILES string of the molecule is Cc1cc2c(cnn2-c2ccc(F)cc2)cc1[C@H]1CN(S(=O)(=O)c2cnn(C)n2)CCN1CC1CC1(F)F. The molecule has 1 saturated carbocycles. The summed E-state index contributed by atoms with van der Waals surface area (Å²) in [6.45, 7) is 2.66. The van der Waals surface area contributed by atoms with E-state index in [0.717, 1.165) is 22.0 Å². The predicted molar refractivity (Wildman–Crippen MR) is 133 cm³/mol. The fourth-order valence-electron chi connectivity index (χ4n) is 5.20. The highest BCUT2D eigenvalue weighted by molar-refractivity contribution is 7.89. The van der Waals surface area contributed by atoms with Crippen molar-refractivity contribution in [2.75, 3.05) is 26.2 Å². The Labute approximate surface area is 217 Å². The van der Waals surface area contributed by atoms with E-state index in [-0.39, 0.29) is 36.9 Å². The van der Waals surface area contributed by atoms with Crippen LogP contribution in [0.2, 0.25) is 0 Å². The average Bonchev–Trinajstić information content (AvgIpc) is 3.20. The smallest absolute Gasteiger partial charge is 0.264 e. The molecule has 2 fully saturated rings. The molecule has 1 aliphatic carbocycles. The standard InChI is InChI=1S/C25H26F3N7O2S/c1-16-9-22-17(12-30-35(22)20-5-3-19(26)4-6-20)10-21(16)23-15-34(38(36,37)24-13-29-32(2)31-24)8-7-33(23)14-18-11-25(18,27)28/h3-6,9-10,12-13,18,23H,7-8,11,14-15H2,1-2H3/t18?,23-/m1/s1. The summed E-state index contributed by atoms with van der Waals surface area (Å²) in [6, 6.07) is 9.45. The van der Waals surface area contributed by atoms with Crippen LogP contribution in [0.4, 0.5) is 13.2 Å². The Morgan fingerprint density at radius 3 is 2.47 bits per heavy atom. The van der Waals surface area contributed by atoms with Crippen molar-refractivity contribution >= 4 is 20.9 Å². The summed E-state index contributed by atoms with van der Waals surface area (Å²) in [5.74, 6) is -3.76. The second-order valence-electron chi connectivity index (χ2n) is 10.0. The van der Waals surface area contributed by atoms with E-state index in [1.165, 1.54) is 27.4 Å². The van der Waals surface area contributed by atoms with Gasteiger partial charge in [-0.1, -0.05) is 0 Å². The molecule has 13 heteroatoms. The van der Waals surface area contributed by atoms with E-state index < -0.39 is 27.9 Å². The first-order chi connectivity index (χ1) is 18.0. The number of sulfonamides is 1. The van der Waals surface area contributed by atoms with E-state index in [1.807, 2.05) is 24.0 Å². The lowest BCUT2D eigenvalue weighted by atomic mass is 9.96. The maximum atomic E-state index is 13.9. The minimum atomic E-state index is -3.92. The third-order valence-electron chi connectivity index (χ3n) is 7.43. The van der Waals surface area contributed by atoms with Gasteiger partial charge in [0, 0.05) is 57.0 Å². The Morgan fingerprint density at radius 2 is 1.82 bits per heavy atom. The van der Waals surface area contributed by atoms with Gasteiger partial charge in [-0.25, -0.2) is 26.3 Å². The van der Waals surface area contributed by atoms with Crippen molar-refractivity contribution in [2.45, 2.75) is 30.3 Å². The summed E-state index contributed by atoms with van der Waals surface area (Å²) in [4.78, 5) is 3.15. The molecule has 0 N–H and O–H groups in total. The van der Waals surface area contributed by atoms with Crippen LogP contribution in [-0.2, 0) is 17.1 Å². The van der Waals surface area contributed by atoms with Crippen LogP contribution in [0.5, 0.6) is 0 Å². The third-order valence-corrected chi connectivity index (χ3v) is 9.16. The van der Waals surface area contributed by atoms with E-state index in [1.54, 1.807) is 30.1 Å². The van der Waals surface area contributed by atoms with Gasteiger partial charge < -0.3 is 0 Å². The van der Waals surface area contributed by atoms with Gasteiger partial charge in [0.15, 0.2) is 0 Å². The van der Waals surface area contributed by atoms with Gasteiger partial charge in [0.05, 0.1) is 23.6 Å². The van der Waals surface area contributed by atoms with Crippen LogP contribution in [0.15, 0.2) is 53.8 Å². The van der Waals surface area contributed by atoms with Gasteiger partial charge in [-0.15, -0.1) is 5.10 Å². The molecular weight excluding hydrogens is 519 g/mol. The molecule has 9 nitrogen and oxygen atoms in total. The van der Waals surface area contributed by atoms with Crippen molar-refractivity contribution in [3.8, 4) is 5.69 Å². The van der Waals surface area contributed by atoms with Gasteiger partial charge in [-0.05, 0) is 54.4 Å². The minimum absolute atomic E-state index is 0.0929. The quantitative estimate of drug-likeness (QED) is 0.370. The predicted octanol–water partition coefficient (Wildman–Crippen LogP) is 3.30. The highest BCUT2D eigenvalue weighted by atomic mass is 32.2. The molecular formula is C25H26F3N7O2S. The van der Waals surface area contributed by atoms with Crippen molar-refractivity contribution < 1.29 is 21.6 Å². The normalized spacial score (nSPS) is 22.2. The zero-order valence-corrected chi connectivity index (χ0v) is 21.6. The number of fused-ring (bicyclic) bond motifs is 1. The summed E-state index contributed by atoms with van der Waals surface area (Å²) in [5.41, 5.74) is 3.22. The van der Waals surface area contributed by atoms with Gasteiger partial charge in [-0.3, -0.25) is 4.90 Å². The molecule has 0 radical (unpaired) electrons. The van der Waals surface area contributed by atoms with E-state index >= 15 is 0 Å². The second-order valence-corrected chi connectivity index (χ2v) is 11.9. The number of piperazine rings is 1. The van der Waals surface area contributed by atoms with E-state index in [9.17, 15) is 21.6 Å². The molecule has 1 aliphatic heterocycles. The molecule has 38 heavy (non-hydrogen) atoms. The summed E-state index contributed by atoms with van der Waals surface area (Å²) in [6.07, 6.45) is 2.75. The fraction of sp³-hybridized carbons (Fsp3) is 0.400. The zero-order chi connectivity index (χ0) is 26.8. The average molecular weight is 546 g/mol. The zero-order valence-electron chi connectivity index (χ0n) is 20.8. The van der Waals surface area contributed by atoms with Gasteiger partial charge >= 0.3 is 0 Å². The summed E-state index contributed by atoms with van der Waals surface area (Å²) < 4.78 is 70.9. The largest absolute Gasteiger partial charge is 0.293 e. The number of aromatic nitrogens is 5. The van der Waals surface area contributed by atoms with Crippen LogP contribution in [0.3, 0.4) is 0 Å². The lowest BCUT2D eigenvalue weighted by Gasteiger charge is -2.41. The Morgan fingerprint density at radius 1 is 1.08 bits per heavy atom. The van der Waals surface area contributed by atoms with Crippen molar-refractivity contribution in [2.24, 2.45) is 13.0 Å². The fourth-order valence-corrected chi connectivity index (χ4v) is 6.52. The minimum Gasteiger partial charge on any atom is -0.293 e.